The first-order chi connectivity index (χ1) is 9.71. The molecule has 2 aliphatic rings. The van der Waals surface area contributed by atoms with Gasteiger partial charge in [-0.25, -0.2) is 0 Å². The summed E-state index contributed by atoms with van der Waals surface area (Å²) < 4.78 is 11.4. The van der Waals surface area contributed by atoms with Crippen LogP contribution in [0.4, 0.5) is 0 Å². The van der Waals surface area contributed by atoms with Gasteiger partial charge in [-0.1, -0.05) is 19.1 Å². The molecule has 0 radical (unpaired) electrons. The zero-order valence-corrected chi connectivity index (χ0v) is 12.5. The maximum absolute atomic E-state index is 6.16. The molecule has 3 heteroatoms. The highest BCUT2D eigenvalue weighted by atomic mass is 16.5. The third-order valence-electron chi connectivity index (χ3n) is 4.94. The van der Waals surface area contributed by atoms with Gasteiger partial charge in [-0.2, -0.15) is 0 Å². The molecule has 1 aromatic rings. The Morgan fingerprint density at radius 2 is 1.90 bits per heavy atom. The van der Waals surface area contributed by atoms with E-state index in [0.29, 0.717) is 0 Å². The molecule has 1 aliphatic heterocycles. The van der Waals surface area contributed by atoms with Crippen molar-refractivity contribution < 1.29 is 9.47 Å². The highest BCUT2D eigenvalue weighted by Crippen LogP contribution is 2.36. The van der Waals surface area contributed by atoms with E-state index in [2.05, 4.69) is 24.4 Å². The highest BCUT2D eigenvalue weighted by Gasteiger charge is 2.38. The summed E-state index contributed by atoms with van der Waals surface area (Å²) >= 11 is 0. The summed E-state index contributed by atoms with van der Waals surface area (Å²) in [5.41, 5.74) is 1.48. The maximum Gasteiger partial charge on any atom is 0.118 e. The number of hydrogen-bond acceptors (Lipinski definition) is 3. The Kier molecular flexibility index (Phi) is 3.99. The second kappa shape index (κ2) is 5.74. The highest BCUT2D eigenvalue weighted by molar-refractivity contribution is 5.29. The average Bonchev–Trinajstić information content (AvgIpc) is 2.52. The van der Waals surface area contributed by atoms with Crippen molar-refractivity contribution in [2.24, 2.45) is 5.92 Å². The molecule has 1 heterocycles. The minimum absolute atomic E-state index is 0.172. The van der Waals surface area contributed by atoms with Gasteiger partial charge in [-0.15, -0.1) is 0 Å². The summed E-state index contributed by atoms with van der Waals surface area (Å²) in [7, 11) is 1.70. The van der Waals surface area contributed by atoms with Crippen LogP contribution in [0.15, 0.2) is 24.3 Å². The van der Waals surface area contributed by atoms with Crippen molar-refractivity contribution in [3.8, 4) is 5.75 Å². The largest absolute Gasteiger partial charge is 0.497 e. The number of ether oxygens (including phenoxy) is 2. The summed E-state index contributed by atoms with van der Waals surface area (Å²) in [6.07, 6.45) is 5.33. The van der Waals surface area contributed by atoms with E-state index in [-0.39, 0.29) is 11.6 Å². The van der Waals surface area contributed by atoms with Gasteiger partial charge in [0.1, 0.15) is 5.75 Å². The number of methoxy groups -OCH3 is 1. The number of rotatable bonds is 2. The Hall–Kier alpha value is -1.06. The van der Waals surface area contributed by atoms with Crippen molar-refractivity contribution in [1.82, 2.24) is 5.32 Å². The van der Waals surface area contributed by atoms with Crippen LogP contribution in [-0.4, -0.2) is 25.8 Å². The van der Waals surface area contributed by atoms with Crippen molar-refractivity contribution in [1.29, 1.82) is 0 Å². The monoisotopic (exact) mass is 275 g/mol. The summed E-state index contributed by atoms with van der Waals surface area (Å²) in [6.45, 7) is 4.12. The fraction of sp³-hybridized carbons (Fsp3) is 0.647. The number of hydrogen-bond donors (Lipinski definition) is 1. The standard InChI is InChI=1S/C17H25NO2/c1-13-7-9-17(10-8-13)12-20-16(11-18-17)14-3-5-15(19-2)6-4-14/h3-6,13,16,18H,7-12H2,1-2H3. The van der Waals surface area contributed by atoms with Crippen LogP contribution in [0.25, 0.3) is 0 Å². The van der Waals surface area contributed by atoms with Crippen LogP contribution in [0.2, 0.25) is 0 Å². The van der Waals surface area contributed by atoms with Gasteiger partial charge in [-0.05, 0) is 49.3 Å². The first-order valence-electron chi connectivity index (χ1n) is 7.71. The number of nitrogens with one attached hydrogen (secondary N) is 1. The Morgan fingerprint density at radius 3 is 2.45 bits per heavy atom. The van der Waals surface area contributed by atoms with E-state index in [0.717, 1.165) is 24.8 Å². The van der Waals surface area contributed by atoms with Gasteiger partial charge >= 0.3 is 0 Å². The molecular weight excluding hydrogens is 250 g/mol. The third-order valence-corrected chi connectivity index (χ3v) is 4.94. The number of morpholine rings is 1. The van der Waals surface area contributed by atoms with Crippen molar-refractivity contribution in [2.45, 2.75) is 44.2 Å². The van der Waals surface area contributed by atoms with Gasteiger partial charge < -0.3 is 14.8 Å². The fourth-order valence-electron chi connectivity index (χ4n) is 3.35. The summed E-state index contributed by atoms with van der Waals surface area (Å²) in [5, 5.41) is 3.78. The van der Waals surface area contributed by atoms with Crippen LogP contribution in [0, 0.1) is 5.92 Å². The van der Waals surface area contributed by atoms with Gasteiger partial charge in [0.05, 0.1) is 19.8 Å². The molecule has 1 N–H and O–H groups in total. The third kappa shape index (κ3) is 2.84. The van der Waals surface area contributed by atoms with Crippen molar-refractivity contribution in [3.63, 3.8) is 0 Å². The van der Waals surface area contributed by atoms with Crippen molar-refractivity contribution >= 4 is 0 Å². The molecule has 0 amide bonds. The summed E-state index contributed by atoms with van der Waals surface area (Å²) in [4.78, 5) is 0. The molecule has 0 aromatic heterocycles. The Labute approximate surface area is 121 Å². The van der Waals surface area contributed by atoms with E-state index in [1.165, 1.54) is 31.2 Å². The van der Waals surface area contributed by atoms with Crippen LogP contribution < -0.4 is 10.1 Å². The van der Waals surface area contributed by atoms with Crippen LogP contribution in [0.1, 0.15) is 44.3 Å². The molecule has 110 valence electrons. The molecule has 1 atom stereocenters. The van der Waals surface area contributed by atoms with Crippen molar-refractivity contribution in [3.05, 3.63) is 29.8 Å². The smallest absolute Gasteiger partial charge is 0.118 e. The lowest BCUT2D eigenvalue weighted by Gasteiger charge is -2.45. The van der Waals surface area contributed by atoms with Crippen molar-refractivity contribution in [2.75, 3.05) is 20.3 Å². The Morgan fingerprint density at radius 1 is 1.20 bits per heavy atom. The second-order valence-electron chi connectivity index (χ2n) is 6.42. The molecule has 1 saturated carbocycles. The van der Waals surface area contributed by atoms with Gasteiger partial charge in [0.15, 0.2) is 0 Å². The van der Waals surface area contributed by atoms with Crippen LogP contribution in [0.5, 0.6) is 5.75 Å². The van der Waals surface area contributed by atoms with Gasteiger partial charge in [0, 0.05) is 12.1 Å². The quantitative estimate of drug-likeness (QED) is 0.898. The molecule has 3 rings (SSSR count). The van der Waals surface area contributed by atoms with E-state index in [9.17, 15) is 0 Å². The maximum atomic E-state index is 6.16. The molecule has 1 aromatic carbocycles. The second-order valence-corrected chi connectivity index (χ2v) is 6.42. The predicted octanol–water partition coefficient (Wildman–Crippen LogP) is 3.31. The minimum atomic E-state index is 0.172. The van der Waals surface area contributed by atoms with Crippen LogP contribution >= 0.6 is 0 Å². The lowest BCUT2D eigenvalue weighted by Crippen LogP contribution is -2.56. The zero-order chi connectivity index (χ0) is 14.0. The molecule has 1 aliphatic carbocycles. The SMILES string of the molecule is COc1ccc(C2CNC3(CCC(C)CC3)CO2)cc1. The van der Waals surface area contributed by atoms with E-state index >= 15 is 0 Å². The predicted molar refractivity (Wildman–Crippen MR) is 80.1 cm³/mol. The van der Waals surface area contributed by atoms with Gasteiger partial charge in [0.25, 0.3) is 0 Å². The average molecular weight is 275 g/mol. The molecule has 2 fully saturated rings. The van der Waals surface area contributed by atoms with E-state index < -0.39 is 0 Å². The van der Waals surface area contributed by atoms with Crippen LogP contribution in [-0.2, 0) is 4.74 Å². The summed E-state index contributed by atoms with van der Waals surface area (Å²) in [5.74, 6) is 1.77. The van der Waals surface area contributed by atoms with Gasteiger partial charge in [-0.3, -0.25) is 0 Å². The fourth-order valence-corrected chi connectivity index (χ4v) is 3.35. The van der Waals surface area contributed by atoms with Crippen LogP contribution in [0.3, 0.4) is 0 Å². The van der Waals surface area contributed by atoms with E-state index in [4.69, 9.17) is 9.47 Å². The Bertz CT molecular complexity index is 425. The molecule has 0 bridgehead atoms. The lowest BCUT2D eigenvalue weighted by atomic mass is 9.77. The zero-order valence-electron chi connectivity index (χ0n) is 12.5. The van der Waals surface area contributed by atoms with E-state index in [1.807, 2.05) is 12.1 Å². The molecule has 1 saturated heterocycles. The molecule has 1 unspecified atom stereocenters. The van der Waals surface area contributed by atoms with E-state index in [1.54, 1.807) is 7.11 Å². The minimum Gasteiger partial charge on any atom is -0.497 e. The molecule has 1 spiro atoms. The molecule has 20 heavy (non-hydrogen) atoms. The summed E-state index contributed by atoms with van der Waals surface area (Å²) in [6, 6.07) is 8.22. The first-order valence-corrected chi connectivity index (χ1v) is 7.71. The normalized spacial score (nSPS) is 34.1. The van der Waals surface area contributed by atoms with Gasteiger partial charge in [0.2, 0.25) is 0 Å². The molecular formula is C17H25NO2. The molecule has 3 nitrogen and oxygen atoms in total. The topological polar surface area (TPSA) is 30.5 Å². The lowest BCUT2D eigenvalue weighted by molar-refractivity contribution is -0.0504. The number of benzene rings is 1. The first kappa shape index (κ1) is 13.9. The Balaban J connectivity index is 1.60.